The largest absolute Gasteiger partial charge is 0.505 e. The second-order valence-electron chi connectivity index (χ2n) is 3.45. The number of aromatic hydroxyl groups is 1. The third kappa shape index (κ3) is 3.00. The first kappa shape index (κ1) is 13.6. The van der Waals surface area contributed by atoms with Gasteiger partial charge < -0.3 is 14.9 Å². The standard InChI is InChI=1S/C12H13NO5/c1-3-6-18-12(17)13-9-5-4-8(11(15)16)7(2)10(9)14/h3-5,14H,1,6H2,2H3,(H,13,17)(H,15,16). The SMILES string of the molecule is C=CCOC(=O)Nc1ccc(C(=O)O)c(C)c1O. The third-order valence-corrected chi connectivity index (χ3v) is 2.23. The Balaban J connectivity index is 2.92. The van der Waals surface area contributed by atoms with Crippen molar-refractivity contribution in [2.75, 3.05) is 11.9 Å². The minimum atomic E-state index is -1.15. The Bertz CT molecular complexity index is 495. The molecule has 0 aliphatic carbocycles. The van der Waals surface area contributed by atoms with Crippen molar-refractivity contribution in [2.45, 2.75) is 6.92 Å². The molecule has 0 aliphatic heterocycles. The smallest absolute Gasteiger partial charge is 0.412 e. The quantitative estimate of drug-likeness (QED) is 0.562. The molecule has 3 N–H and O–H groups in total. The topological polar surface area (TPSA) is 95.9 Å². The fourth-order valence-electron chi connectivity index (χ4n) is 1.31. The number of ether oxygens (including phenoxy) is 1. The summed E-state index contributed by atoms with van der Waals surface area (Å²) in [6.07, 6.45) is 0.644. The minimum Gasteiger partial charge on any atom is -0.505 e. The van der Waals surface area contributed by atoms with Crippen LogP contribution in [0.5, 0.6) is 5.75 Å². The molecule has 96 valence electrons. The number of carbonyl (C=O) groups is 2. The number of nitrogens with one attached hydrogen (secondary N) is 1. The lowest BCUT2D eigenvalue weighted by molar-refractivity contribution is 0.0695. The lowest BCUT2D eigenvalue weighted by atomic mass is 10.1. The van der Waals surface area contributed by atoms with Crippen molar-refractivity contribution >= 4 is 17.7 Å². The number of hydrogen-bond acceptors (Lipinski definition) is 4. The molecule has 0 heterocycles. The Labute approximate surface area is 104 Å². The van der Waals surface area contributed by atoms with Crippen LogP contribution in [0.15, 0.2) is 24.8 Å². The lowest BCUT2D eigenvalue weighted by Gasteiger charge is -2.10. The molecular weight excluding hydrogens is 238 g/mol. The van der Waals surface area contributed by atoms with Gasteiger partial charge in [0.25, 0.3) is 0 Å². The van der Waals surface area contributed by atoms with Crippen molar-refractivity contribution < 1.29 is 24.5 Å². The summed E-state index contributed by atoms with van der Waals surface area (Å²) >= 11 is 0. The fourth-order valence-corrected chi connectivity index (χ4v) is 1.31. The second kappa shape index (κ2) is 5.72. The summed E-state index contributed by atoms with van der Waals surface area (Å²) in [5, 5.41) is 20.9. The van der Waals surface area contributed by atoms with Gasteiger partial charge in [-0.2, -0.15) is 0 Å². The van der Waals surface area contributed by atoms with Gasteiger partial charge in [-0.15, -0.1) is 0 Å². The van der Waals surface area contributed by atoms with Gasteiger partial charge in [0.2, 0.25) is 0 Å². The van der Waals surface area contributed by atoms with Crippen LogP contribution < -0.4 is 5.32 Å². The molecule has 0 saturated carbocycles. The molecule has 1 aromatic carbocycles. The van der Waals surface area contributed by atoms with Gasteiger partial charge in [-0.05, 0) is 19.1 Å². The molecule has 6 heteroatoms. The summed E-state index contributed by atoms with van der Waals surface area (Å²) in [4.78, 5) is 22.1. The monoisotopic (exact) mass is 251 g/mol. The van der Waals surface area contributed by atoms with Gasteiger partial charge >= 0.3 is 12.1 Å². The predicted molar refractivity (Wildman–Crippen MR) is 65.0 cm³/mol. The Hall–Kier alpha value is -2.50. The summed E-state index contributed by atoms with van der Waals surface area (Å²) in [5.74, 6) is -1.45. The molecule has 18 heavy (non-hydrogen) atoms. The molecule has 0 aromatic heterocycles. The number of anilines is 1. The molecule has 0 unspecified atom stereocenters. The molecule has 0 spiro atoms. The average molecular weight is 251 g/mol. The lowest BCUT2D eigenvalue weighted by Crippen LogP contribution is -2.14. The maximum absolute atomic E-state index is 11.2. The van der Waals surface area contributed by atoms with Crippen LogP contribution in [0.3, 0.4) is 0 Å². The Morgan fingerprint density at radius 1 is 1.50 bits per heavy atom. The van der Waals surface area contributed by atoms with Crippen LogP contribution in [-0.2, 0) is 4.74 Å². The molecule has 1 amide bonds. The van der Waals surface area contributed by atoms with Crippen LogP contribution in [0.4, 0.5) is 10.5 Å². The van der Waals surface area contributed by atoms with E-state index >= 15 is 0 Å². The number of phenolic OH excluding ortho intramolecular Hbond substituents is 1. The van der Waals surface area contributed by atoms with Crippen molar-refractivity contribution in [1.29, 1.82) is 0 Å². The summed E-state index contributed by atoms with van der Waals surface area (Å²) in [6.45, 7) is 4.87. The number of phenols is 1. The Morgan fingerprint density at radius 3 is 2.72 bits per heavy atom. The molecule has 0 radical (unpaired) electrons. The van der Waals surface area contributed by atoms with Gasteiger partial charge in [0.1, 0.15) is 12.4 Å². The highest BCUT2D eigenvalue weighted by Gasteiger charge is 2.15. The van der Waals surface area contributed by atoms with E-state index in [4.69, 9.17) is 5.11 Å². The summed E-state index contributed by atoms with van der Waals surface area (Å²) < 4.78 is 4.67. The first-order chi connectivity index (χ1) is 8.47. The van der Waals surface area contributed by atoms with Crippen molar-refractivity contribution in [1.82, 2.24) is 0 Å². The van der Waals surface area contributed by atoms with Crippen molar-refractivity contribution in [3.05, 3.63) is 35.9 Å². The van der Waals surface area contributed by atoms with E-state index in [0.29, 0.717) is 0 Å². The van der Waals surface area contributed by atoms with Crippen LogP contribution in [0, 0.1) is 6.92 Å². The first-order valence-electron chi connectivity index (χ1n) is 5.08. The highest BCUT2D eigenvalue weighted by atomic mass is 16.5. The molecule has 6 nitrogen and oxygen atoms in total. The van der Waals surface area contributed by atoms with E-state index in [-0.39, 0.29) is 29.2 Å². The zero-order chi connectivity index (χ0) is 13.7. The van der Waals surface area contributed by atoms with E-state index in [1.54, 1.807) is 0 Å². The van der Waals surface area contributed by atoms with Crippen LogP contribution >= 0.6 is 0 Å². The molecule has 0 aliphatic rings. The summed E-state index contributed by atoms with van der Waals surface area (Å²) in [6, 6.07) is 2.58. The van der Waals surface area contributed by atoms with E-state index in [2.05, 4.69) is 16.6 Å². The van der Waals surface area contributed by atoms with E-state index in [1.807, 2.05) is 0 Å². The van der Waals surface area contributed by atoms with Crippen molar-refractivity contribution in [3.63, 3.8) is 0 Å². The van der Waals surface area contributed by atoms with Crippen LogP contribution in [0.1, 0.15) is 15.9 Å². The van der Waals surface area contributed by atoms with Gasteiger partial charge in [0, 0.05) is 5.56 Å². The van der Waals surface area contributed by atoms with E-state index in [1.165, 1.54) is 25.1 Å². The maximum atomic E-state index is 11.2. The van der Waals surface area contributed by atoms with Gasteiger partial charge in [-0.1, -0.05) is 12.7 Å². The fraction of sp³-hybridized carbons (Fsp3) is 0.167. The molecular formula is C12H13NO5. The van der Waals surface area contributed by atoms with Crippen LogP contribution in [0.25, 0.3) is 0 Å². The van der Waals surface area contributed by atoms with E-state index in [0.717, 1.165) is 0 Å². The maximum Gasteiger partial charge on any atom is 0.412 e. The molecule has 1 aromatic rings. The number of carboxylic acid groups (broad SMARTS) is 1. The highest BCUT2D eigenvalue weighted by Crippen LogP contribution is 2.29. The van der Waals surface area contributed by atoms with Gasteiger partial charge in [0.15, 0.2) is 0 Å². The molecule has 0 saturated heterocycles. The summed E-state index contributed by atoms with van der Waals surface area (Å²) in [5.41, 5.74) is 0.230. The Kier molecular flexibility index (Phi) is 4.31. The van der Waals surface area contributed by atoms with Crippen LogP contribution in [0.2, 0.25) is 0 Å². The van der Waals surface area contributed by atoms with Gasteiger partial charge in [-0.25, -0.2) is 9.59 Å². The van der Waals surface area contributed by atoms with E-state index in [9.17, 15) is 14.7 Å². The number of carbonyl (C=O) groups excluding carboxylic acids is 1. The molecule has 0 bridgehead atoms. The number of rotatable bonds is 4. The number of carboxylic acids is 1. The molecule has 0 fully saturated rings. The van der Waals surface area contributed by atoms with Gasteiger partial charge in [0.05, 0.1) is 11.3 Å². The second-order valence-corrected chi connectivity index (χ2v) is 3.45. The van der Waals surface area contributed by atoms with E-state index < -0.39 is 12.1 Å². The number of amides is 1. The highest BCUT2D eigenvalue weighted by molar-refractivity contribution is 5.93. The van der Waals surface area contributed by atoms with Crippen LogP contribution in [-0.4, -0.2) is 28.9 Å². The zero-order valence-corrected chi connectivity index (χ0v) is 9.77. The van der Waals surface area contributed by atoms with Gasteiger partial charge in [-0.3, -0.25) is 5.32 Å². The predicted octanol–water partition coefficient (Wildman–Crippen LogP) is 2.13. The Morgan fingerprint density at radius 2 is 2.17 bits per heavy atom. The van der Waals surface area contributed by atoms with Crippen molar-refractivity contribution in [3.8, 4) is 5.75 Å². The van der Waals surface area contributed by atoms with Crippen molar-refractivity contribution in [2.24, 2.45) is 0 Å². The normalized spacial score (nSPS) is 9.61. The average Bonchev–Trinajstić information content (AvgIpc) is 2.32. The summed E-state index contributed by atoms with van der Waals surface area (Å²) in [7, 11) is 0. The molecule has 1 rings (SSSR count). The number of benzene rings is 1. The third-order valence-electron chi connectivity index (χ3n) is 2.23. The number of aromatic carboxylic acids is 1. The zero-order valence-electron chi connectivity index (χ0n) is 9.77. The first-order valence-corrected chi connectivity index (χ1v) is 5.08. The molecule has 0 atom stereocenters. The minimum absolute atomic E-state index is 0.0301. The number of hydrogen-bond donors (Lipinski definition) is 3.